The van der Waals surface area contributed by atoms with Crippen LogP contribution in [0.4, 0.5) is 0 Å². The fourth-order valence-corrected chi connectivity index (χ4v) is 5.76. The summed E-state index contributed by atoms with van der Waals surface area (Å²) in [5.41, 5.74) is 1.21. The number of rotatable bonds is 8. The molecule has 2 amide bonds. The van der Waals surface area contributed by atoms with Crippen LogP contribution in [-0.2, 0) is 27.3 Å². The summed E-state index contributed by atoms with van der Waals surface area (Å²) in [5, 5.41) is 3.02. The van der Waals surface area contributed by atoms with E-state index >= 15 is 0 Å². The van der Waals surface area contributed by atoms with Crippen LogP contribution in [-0.4, -0.2) is 62.5 Å². The Morgan fingerprint density at radius 1 is 1.08 bits per heavy atom. The quantitative estimate of drug-likeness (QED) is 0.564. The lowest BCUT2D eigenvalue weighted by Gasteiger charge is -2.23. The Morgan fingerprint density at radius 3 is 2.72 bits per heavy atom. The summed E-state index contributed by atoms with van der Waals surface area (Å²) in [4.78, 5) is 28.5. The number of fused-ring (bicyclic) bond motifs is 2. The predicted octanol–water partition coefficient (Wildman–Crippen LogP) is 2.07. The smallest absolute Gasteiger partial charge is 0.231 e. The van der Waals surface area contributed by atoms with Gasteiger partial charge in [-0.2, -0.15) is 0 Å². The molecule has 4 unspecified atom stereocenters. The highest BCUT2D eigenvalue weighted by molar-refractivity contribution is 5.93. The Balaban J connectivity index is 1.12. The first-order valence-electron chi connectivity index (χ1n) is 12.0. The molecule has 188 valence electrons. The first-order valence-corrected chi connectivity index (χ1v) is 12.0. The van der Waals surface area contributed by atoms with E-state index < -0.39 is 17.4 Å². The summed E-state index contributed by atoms with van der Waals surface area (Å²) in [6.45, 7) is 1.49. The summed E-state index contributed by atoms with van der Waals surface area (Å²) in [7, 11) is 3.19. The standard InChI is InChI=1S/C27H28N2O7/c1-32-18-5-3-16(11-21(18)33-2)8-10-28-25(30)23-20-7-9-27(36-20)14-29(26(31)24(23)27)13-17-4-6-19-22(12-17)35-15-34-19/h3-7,9,11-12,20,23-24H,8,10,13-15H2,1-2H3,(H,28,30). The van der Waals surface area contributed by atoms with Gasteiger partial charge in [0.15, 0.2) is 23.0 Å². The maximum atomic E-state index is 13.5. The molecule has 1 N–H and O–H groups in total. The fraction of sp³-hybridized carbons (Fsp3) is 0.407. The normalized spacial score (nSPS) is 26.9. The summed E-state index contributed by atoms with van der Waals surface area (Å²) < 4.78 is 27.7. The Morgan fingerprint density at radius 2 is 1.89 bits per heavy atom. The number of carbonyl (C=O) groups is 2. The zero-order valence-corrected chi connectivity index (χ0v) is 20.2. The molecule has 9 heteroatoms. The van der Waals surface area contributed by atoms with Crippen molar-refractivity contribution in [3.63, 3.8) is 0 Å². The molecule has 2 saturated heterocycles. The van der Waals surface area contributed by atoms with Crippen LogP contribution in [0.3, 0.4) is 0 Å². The molecule has 9 nitrogen and oxygen atoms in total. The van der Waals surface area contributed by atoms with Crippen LogP contribution >= 0.6 is 0 Å². The van der Waals surface area contributed by atoms with Crippen molar-refractivity contribution in [2.24, 2.45) is 11.8 Å². The molecular weight excluding hydrogens is 464 g/mol. The predicted molar refractivity (Wildman–Crippen MR) is 128 cm³/mol. The van der Waals surface area contributed by atoms with Crippen LogP contribution in [0.25, 0.3) is 0 Å². The average Bonchev–Trinajstić information content (AvgIpc) is 3.65. The van der Waals surface area contributed by atoms with Crippen molar-refractivity contribution < 1.29 is 33.3 Å². The SMILES string of the molecule is COc1ccc(CCNC(=O)C2C3C=CC4(CN(Cc5ccc6c(c5)OCO6)C(=O)C24)O3)cc1OC. The summed E-state index contributed by atoms with van der Waals surface area (Å²) >= 11 is 0. The molecule has 1 spiro atoms. The van der Waals surface area contributed by atoms with Gasteiger partial charge in [-0.25, -0.2) is 0 Å². The van der Waals surface area contributed by atoms with Crippen LogP contribution in [0.15, 0.2) is 48.6 Å². The molecule has 36 heavy (non-hydrogen) atoms. The highest BCUT2D eigenvalue weighted by Crippen LogP contribution is 2.52. The molecule has 4 heterocycles. The number of nitrogens with one attached hydrogen (secondary N) is 1. The highest BCUT2D eigenvalue weighted by Gasteiger charge is 2.66. The van der Waals surface area contributed by atoms with Crippen LogP contribution in [0.1, 0.15) is 11.1 Å². The molecule has 2 bridgehead atoms. The minimum Gasteiger partial charge on any atom is -0.493 e. The Kier molecular flexibility index (Phi) is 5.52. The summed E-state index contributed by atoms with van der Waals surface area (Å²) in [6.07, 6.45) is 4.13. The molecule has 2 fully saturated rings. The molecule has 0 aromatic heterocycles. The second kappa shape index (κ2) is 8.74. The summed E-state index contributed by atoms with van der Waals surface area (Å²) in [5.74, 6) is 1.41. The van der Waals surface area contributed by atoms with Gasteiger partial charge in [0.1, 0.15) is 5.60 Å². The number of hydrogen-bond donors (Lipinski definition) is 1. The van der Waals surface area contributed by atoms with Crippen molar-refractivity contribution in [3.8, 4) is 23.0 Å². The van der Waals surface area contributed by atoms with E-state index in [1.54, 1.807) is 19.1 Å². The molecule has 2 aromatic carbocycles. The molecular formula is C27H28N2O7. The zero-order chi connectivity index (χ0) is 24.9. The minimum absolute atomic E-state index is 0.0560. The molecule has 4 aliphatic rings. The molecule has 0 saturated carbocycles. The number of amides is 2. The maximum Gasteiger partial charge on any atom is 0.231 e. The van der Waals surface area contributed by atoms with Gasteiger partial charge in [-0.1, -0.05) is 24.3 Å². The first-order chi connectivity index (χ1) is 17.5. The van der Waals surface area contributed by atoms with E-state index in [2.05, 4.69) is 5.32 Å². The lowest BCUT2D eigenvalue weighted by molar-refractivity contribution is -0.137. The lowest BCUT2D eigenvalue weighted by Crippen LogP contribution is -2.44. The number of hydrogen-bond acceptors (Lipinski definition) is 7. The van der Waals surface area contributed by atoms with E-state index in [0.29, 0.717) is 49.1 Å². The molecule has 4 aliphatic heterocycles. The average molecular weight is 493 g/mol. The number of likely N-dealkylation sites (tertiary alicyclic amines) is 1. The van der Waals surface area contributed by atoms with E-state index in [0.717, 1.165) is 11.1 Å². The van der Waals surface area contributed by atoms with Crippen molar-refractivity contribution in [3.05, 3.63) is 59.7 Å². The van der Waals surface area contributed by atoms with Gasteiger partial charge in [0.25, 0.3) is 0 Å². The van der Waals surface area contributed by atoms with E-state index in [-0.39, 0.29) is 24.7 Å². The summed E-state index contributed by atoms with van der Waals surface area (Å²) in [6, 6.07) is 11.4. The van der Waals surface area contributed by atoms with Gasteiger partial charge in [-0.15, -0.1) is 0 Å². The third-order valence-electron chi connectivity index (χ3n) is 7.45. The first kappa shape index (κ1) is 22.7. The Hall–Kier alpha value is -3.72. The van der Waals surface area contributed by atoms with Gasteiger partial charge < -0.3 is 33.9 Å². The third kappa shape index (κ3) is 3.65. The topological polar surface area (TPSA) is 95.6 Å². The number of carbonyl (C=O) groups excluding carboxylic acids is 2. The Labute approximate surface area is 208 Å². The minimum atomic E-state index is -0.747. The Bertz CT molecular complexity index is 1240. The maximum absolute atomic E-state index is 13.5. The van der Waals surface area contributed by atoms with Crippen molar-refractivity contribution in [2.45, 2.75) is 24.7 Å². The van der Waals surface area contributed by atoms with Gasteiger partial charge >= 0.3 is 0 Å². The van der Waals surface area contributed by atoms with Crippen LogP contribution < -0.4 is 24.3 Å². The van der Waals surface area contributed by atoms with Crippen molar-refractivity contribution >= 4 is 11.8 Å². The van der Waals surface area contributed by atoms with Gasteiger partial charge in [0.05, 0.1) is 38.7 Å². The van der Waals surface area contributed by atoms with Gasteiger partial charge in [-0.3, -0.25) is 9.59 Å². The third-order valence-corrected chi connectivity index (χ3v) is 7.45. The largest absolute Gasteiger partial charge is 0.493 e. The number of methoxy groups -OCH3 is 2. The zero-order valence-electron chi connectivity index (χ0n) is 20.2. The molecule has 4 atom stereocenters. The van der Waals surface area contributed by atoms with E-state index in [1.165, 1.54) is 0 Å². The van der Waals surface area contributed by atoms with Crippen LogP contribution in [0.5, 0.6) is 23.0 Å². The molecule has 0 radical (unpaired) electrons. The fourth-order valence-electron chi connectivity index (χ4n) is 5.76. The van der Waals surface area contributed by atoms with Gasteiger partial charge in [0, 0.05) is 13.1 Å². The molecule has 2 aromatic rings. The van der Waals surface area contributed by atoms with Gasteiger partial charge in [-0.05, 0) is 41.8 Å². The number of ether oxygens (including phenoxy) is 5. The number of nitrogens with zero attached hydrogens (tertiary/aromatic N) is 1. The number of benzene rings is 2. The second-order valence-corrected chi connectivity index (χ2v) is 9.51. The molecule has 0 aliphatic carbocycles. The van der Waals surface area contributed by atoms with Crippen molar-refractivity contribution in [2.75, 3.05) is 34.1 Å². The van der Waals surface area contributed by atoms with Crippen molar-refractivity contribution in [1.29, 1.82) is 0 Å². The van der Waals surface area contributed by atoms with E-state index in [4.69, 9.17) is 23.7 Å². The molecule has 6 rings (SSSR count). The van der Waals surface area contributed by atoms with E-state index in [9.17, 15) is 9.59 Å². The van der Waals surface area contributed by atoms with E-state index in [1.807, 2.05) is 48.6 Å². The van der Waals surface area contributed by atoms with Crippen molar-refractivity contribution in [1.82, 2.24) is 10.2 Å². The van der Waals surface area contributed by atoms with Crippen LogP contribution in [0, 0.1) is 11.8 Å². The lowest BCUT2D eigenvalue weighted by atomic mass is 9.77. The van der Waals surface area contributed by atoms with Crippen LogP contribution in [0.2, 0.25) is 0 Å². The monoisotopic (exact) mass is 492 g/mol. The van der Waals surface area contributed by atoms with Gasteiger partial charge in [0.2, 0.25) is 18.6 Å². The highest BCUT2D eigenvalue weighted by atomic mass is 16.7. The second-order valence-electron chi connectivity index (χ2n) is 9.51.